The highest BCUT2D eigenvalue weighted by Crippen LogP contribution is 2.30. The number of nitrogens with zero attached hydrogens (tertiary/aromatic N) is 2. The molecular formula is C10H10F4N2. The van der Waals surface area contributed by atoms with E-state index in [0.29, 0.717) is 13.1 Å². The lowest BCUT2D eigenvalue weighted by molar-refractivity contribution is -0.141. The van der Waals surface area contributed by atoms with Gasteiger partial charge in [-0.15, -0.1) is 0 Å². The summed E-state index contributed by atoms with van der Waals surface area (Å²) in [5.41, 5.74) is -0.909. The highest BCUT2D eigenvalue weighted by Gasteiger charge is 2.34. The lowest BCUT2D eigenvalue weighted by atomic mass is 10.0. The number of rotatable bonds is 2. The van der Waals surface area contributed by atoms with Gasteiger partial charge >= 0.3 is 6.18 Å². The smallest absolute Gasteiger partial charge is 0.356 e. The second-order valence-electron chi connectivity index (χ2n) is 3.80. The molecule has 1 aromatic heterocycles. The summed E-state index contributed by atoms with van der Waals surface area (Å²) in [6, 6.07) is 3.74. The number of pyridine rings is 1. The molecule has 2 heterocycles. The number of alkyl halides is 4. The van der Waals surface area contributed by atoms with Crippen LogP contribution in [0.1, 0.15) is 5.69 Å². The number of aromatic nitrogens is 1. The topological polar surface area (TPSA) is 16.1 Å². The molecule has 1 aliphatic rings. The molecule has 6 heteroatoms. The zero-order valence-electron chi connectivity index (χ0n) is 8.34. The Kier molecular flexibility index (Phi) is 2.73. The summed E-state index contributed by atoms with van der Waals surface area (Å²) in [5.74, 6) is 0.191. The molecule has 1 fully saturated rings. The first kappa shape index (κ1) is 11.2. The summed E-state index contributed by atoms with van der Waals surface area (Å²) in [7, 11) is 0. The van der Waals surface area contributed by atoms with E-state index in [9.17, 15) is 17.6 Å². The van der Waals surface area contributed by atoms with E-state index in [0.717, 1.165) is 6.07 Å². The van der Waals surface area contributed by atoms with E-state index in [-0.39, 0.29) is 11.7 Å². The summed E-state index contributed by atoms with van der Waals surface area (Å²) >= 11 is 0. The van der Waals surface area contributed by atoms with Crippen LogP contribution in [0.25, 0.3) is 0 Å². The minimum atomic E-state index is -4.43. The van der Waals surface area contributed by atoms with Crippen LogP contribution in [0.5, 0.6) is 0 Å². The Balaban J connectivity index is 2.12. The molecule has 88 valence electrons. The van der Waals surface area contributed by atoms with Crippen LogP contribution in [0.4, 0.5) is 23.4 Å². The second-order valence-corrected chi connectivity index (χ2v) is 3.80. The van der Waals surface area contributed by atoms with Crippen molar-refractivity contribution in [3.8, 4) is 0 Å². The molecule has 16 heavy (non-hydrogen) atoms. The van der Waals surface area contributed by atoms with E-state index in [1.165, 1.54) is 12.1 Å². The number of hydrogen-bond acceptors (Lipinski definition) is 2. The molecule has 0 bridgehead atoms. The van der Waals surface area contributed by atoms with Gasteiger partial charge in [0.25, 0.3) is 0 Å². The van der Waals surface area contributed by atoms with Crippen LogP contribution in [-0.4, -0.2) is 24.7 Å². The van der Waals surface area contributed by atoms with Crippen molar-refractivity contribution >= 4 is 5.82 Å². The molecule has 0 N–H and O–H groups in total. The van der Waals surface area contributed by atoms with Gasteiger partial charge in [0, 0.05) is 19.0 Å². The second kappa shape index (κ2) is 3.92. The Morgan fingerprint density at radius 3 is 2.56 bits per heavy atom. The maximum Gasteiger partial charge on any atom is 0.433 e. The van der Waals surface area contributed by atoms with Gasteiger partial charge in [0.1, 0.15) is 11.5 Å². The average Bonchev–Trinajstić information content (AvgIpc) is 2.15. The van der Waals surface area contributed by atoms with E-state index in [1.807, 2.05) is 0 Å². The fraction of sp³-hybridized carbons (Fsp3) is 0.500. The Morgan fingerprint density at radius 1 is 1.31 bits per heavy atom. The maximum absolute atomic E-state index is 12.4. The third-order valence-electron chi connectivity index (χ3n) is 2.52. The van der Waals surface area contributed by atoms with Crippen molar-refractivity contribution in [1.29, 1.82) is 0 Å². The molecule has 0 unspecified atom stereocenters. The van der Waals surface area contributed by atoms with Crippen LogP contribution in [0.3, 0.4) is 0 Å². The molecule has 0 atom stereocenters. The van der Waals surface area contributed by atoms with Crippen molar-refractivity contribution in [2.45, 2.75) is 6.18 Å². The van der Waals surface area contributed by atoms with Gasteiger partial charge in [0.2, 0.25) is 0 Å². The normalized spacial score (nSPS) is 17.4. The van der Waals surface area contributed by atoms with E-state index >= 15 is 0 Å². The van der Waals surface area contributed by atoms with Crippen LogP contribution in [-0.2, 0) is 6.18 Å². The molecule has 0 aromatic carbocycles. The Hall–Kier alpha value is -1.33. The van der Waals surface area contributed by atoms with Gasteiger partial charge in [0.05, 0.1) is 6.67 Å². The highest BCUT2D eigenvalue weighted by molar-refractivity contribution is 5.42. The number of hydrogen-bond donors (Lipinski definition) is 0. The predicted molar refractivity (Wildman–Crippen MR) is 50.9 cm³/mol. The minimum Gasteiger partial charge on any atom is -0.356 e. The lowest BCUT2D eigenvalue weighted by Crippen LogP contribution is -2.48. The first-order chi connectivity index (χ1) is 7.50. The van der Waals surface area contributed by atoms with Gasteiger partial charge in [-0.2, -0.15) is 13.2 Å². The molecule has 1 aromatic rings. The van der Waals surface area contributed by atoms with Crippen LogP contribution in [0.15, 0.2) is 18.2 Å². The van der Waals surface area contributed by atoms with Crippen molar-refractivity contribution < 1.29 is 17.6 Å². The molecule has 2 nitrogen and oxygen atoms in total. The molecule has 0 spiro atoms. The minimum absolute atomic E-state index is 0.0728. The first-order valence-electron chi connectivity index (χ1n) is 4.86. The van der Waals surface area contributed by atoms with Gasteiger partial charge in [-0.3, -0.25) is 4.39 Å². The quantitative estimate of drug-likeness (QED) is 0.731. The molecule has 0 saturated carbocycles. The van der Waals surface area contributed by atoms with Gasteiger partial charge < -0.3 is 4.90 Å². The zero-order valence-corrected chi connectivity index (χ0v) is 8.34. The first-order valence-corrected chi connectivity index (χ1v) is 4.86. The van der Waals surface area contributed by atoms with E-state index in [1.54, 1.807) is 4.90 Å². The Morgan fingerprint density at radius 2 is 2.00 bits per heavy atom. The van der Waals surface area contributed by atoms with Crippen molar-refractivity contribution in [3.63, 3.8) is 0 Å². The molecule has 1 aliphatic heterocycles. The lowest BCUT2D eigenvalue weighted by Gasteiger charge is -2.38. The van der Waals surface area contributed by atoms with Gasteiger partial charge in [-0.05, 0) is 12.1 Å². The van der Waals surface area contributed by atoms with Crippen LogP contribution < -0.4 is 4.90 Å². The molecule has 0 amide bonds. The van der Waals surface area contributed by atoms with Gasteiger partial charge in [-0.1, -0.05) is 6.07 Å². The van der Waals surface area contributed by atoms with Crippen molar-refractivity contribution in [3.05, 3.63) is 23.9 Å². The Labute approximate surface area is 89.9 Å². The molecule has 0 aliphatic carbocycles. The zero-order chi connectivity index (χ0) is 11.8. The van der Waals surface area contributed by atoms with E-state index < -0.39 is 18.5 Å². The molecule has 0 radical (unpaired) electrons. The monoisotopic (exact) mass is 234 g/mol. The largest absolute Gasteiger partial charge is 0.433 e. The van der Waals surface area contributed by atoms with Crippen molar-refractivity contribution in [1.82, 2.24) is 4.98 Å². The van der Waals surface area contributed by atoms with Crippen LogP contribution in [0.2, 0.25) is 0 Å². The summed E-state index contributed by atoms with van der Waals surface area (Å²) in [6.45, 7) is 0.436. The third-order valence-corrected chi connectivity index (χ3v) is 2.52. The molecular weight excluding hydrogens is 224 g/mol. The predicted octanol–water partition coefficient (Wildman–Crippen LogP) is 2.51. The summed E-state index contributed by atoms with van der Waals surface area (Å²) in [5, 5.41) is 0. The van der Waals surface area contributed by atoms with Gasteiger partial charge in [-0.25, -0.2) is 4.98 Å². The number of halogens is 4. The Bertz CT molecular complexity index is 371. The van der Waals surface area contributed by atoms with E-state index in [4.69, 9.17) is 0 Å². The van der Waals surface area contributed by atoms with Crippen molar-refractivity contribution in [2.24, 2.45) is 5.92 Å². The van der Waals surface area contributed by atoms with Gasteiger partial charge in [0.15, 0.2) is 0 Å². The summed E-state index contributed by atoms with van der Waals surface area (Å²) in [6.07, 6.45) is -4.43. The fourth-order valence-electron chi connectivity index (χ4n) is 1.61. The highest BCUT2D eigenvalue weighted by atomic mass is 19.4. The van der Waals surface area contributed by atoms with Crippen LogP contribution in [0, 0.1) is 5.92 Å². The third kappa shape index (κ3) is 2.10. The fourth-order valence-corrected chi connectivity index (χ4v) is 1.61. The summed E-state index contributed by atoms with van der Waals surface area (Å²) in [4.78, 5) is 5.15. The molecule has 2 rings (SSSR count). The number of anilines is 1. The maximum atomic E-state index is 12.4. The van der Waals surface area contributed by atoms with Crippen molar-refractivity contribution in [2.75, 3.05) is 24.7 Å². The average molecular weight is 234 g/mol. The van der Waals surface area contributed by atoms with E-state index in [2.05, 4.69) is 4.98 Å². The standard InChI is InChI=1S/C10H10F4N2/c11-4-7-5-16(6-7)9-3-1-2-8(15-9)10(12,13)14/h1-3,7H,4-6H2. The van der Waals surface area contributed by atoms with Crippen LogP contribution >= 0.6 is 0 Å². The molecule has 1 saturated heterocycles. The SMILES string of the molecule is FCC1CN(c2cccc(C(F)(F)F)n2)C1. The summed E-state index contributed by atoms with van der Waals surface area (Å²) < 4.78 is 49.2.